The molecule has 1 aromatic rings. The second-order valence-corrected chi connectivity index (χ2v) is 4.66. The summed E-state index contributed by atoms with van der Waals surface area (Å²) in [5, 5.41) is 12.1. The second kappa shape index (κ2) is 6.54. The highest BCUT2D eigenvalue weighted by molar-refractivity contribution is 5.87. The zero-order valence-corrected chi connectivity index (χ0v) is 11.0. The Morgan fingerprint density at radius 1 is 1.37 bits per heavy atom. The molecule has 1 aliphatic rings. The maximum absolute atomic E-state index is 10.7. The van der Waals surface area contributed by atoms with Crippen LogP contribution in [0.1, 0.15) is 23.2 Å². The molecule has 2 N–H and O–H groups in total. The molecule has 5 nitrogen and oxygen atoms in total. The van der Waals surface area contributed by atoms with Crippen LogP contribution in [0, 0.1) is 0 Å². The second-order valence-electron chi connectivity index (χ2n) is 4.66. The summed E-state index contributed by atoms with van der Waals surface area (Å²) >= 11 is 0. The van der Waals surface area contributed by atoms with Gasteiger partial charge in [0.05, 0.1) is 11.7 Å². The Morgan fingerprint density at radius 2 is 2.05 bits per heavy atom. The summed E-state index contributed by atoms with van der Waals surface area (Å²) in [6.07, 6.45) is 2.52. The van der Waals surface area contributed by atoms with E-state index in [4.69, 9.17) is 14.6 Å². The van der Waals surface area contributed by atoms with Crippen molar-refractivity contribution in [2.75, 3.05) is 20.3 Å². The highest BCUT2D eigenvalue weighted by Gasteiger charge is 2.27. The molecule has 0 radical (unpaired) electrons. The monoisotopic (exact) mass is 265 g/mol. The van der Waals surface area contributed by atoms with Gasteiger partial charge in [-0.15, -0.1) is 0 Å². The van der Waals surface area contributed by atoms with Crippen LogP contribution < -0.4 is 10.1 Å². The van der Waals surface area contributed by atoms with Gasteiger partial charge in [0.1, 0.15) is 12.4 Å². The van der Waals surface area contributed by atoms with Crippen LogP contribution in [0.15, 0.2) is 24.3 Å². The highest BCUT2D eigenvalue weighted by atomic mass is 16.5. The minimum atomic E-state index is -0.925. The van der Waals surface area contributed by atoms with Gasteiger partial charge in [0, 0.05) is 19.7 Å². The van der Waals surface area contributed by atoms with Crippen molar-refractivity contribution in [3.05, 3.63) is 29.8 Å². The van der Waals surface area contributed by atoms with Crippen LogP contribution >= 0.6 is 0 Å². The number of methoxy groups -OCH3 is 1. The third-order valence-electron chi connectivity index (χ3n) is 3.33. The third kappa shape index (κ3) is 3.94. The molecule has 0 atom stereocenters. The van der Waals surface area contributed by atoms with E-state index >= 15 is 0 Å². The molecule has 0 amide bonds. The maximum atomic E-state index is 10.7. The van der Waals surface area contributed by atoms with E-state index in [-0.39, 0.29) is 5.56 Å². The van der Waals surface area contributed by atoms with Crippen LogP contribution in [-0.4, -0.2) is 43.5 Å². The van der Waals surface area contributed by atoms with E-state index < -0.39 is 5.97 Å². The normalized spacial score (nSPS) is 21.7. The van der Waals surface area contributed by atoms with E-state index in [2.05, 4.69) is 5.32 Å². The number of benzene rings is 1. The van der Waals surface area contributed by atoms with Gasteiger partial charge in [-0.2, -0.15) is 0 Å². The van der Waals surface area contributed by atoms with Gasteiger partial charge in [0.15, 0.2) is 0 Å². The van der Waals surface area contributed by atoms with Gasteiger partial charge in [0.2, 0.25) is 0 Å². The summed E-state index contributed by atoms with van der Waals surface area (Å²) in [5.74, 6) is -0.235. The molecular formula is C14H19NO4. The Labute approximate surface area is 112 Å². The lowest BCUT2D eigenvalue weighted by atomic mass is 9.89. The zero-order chi connectivity index (χ0) is 13.7. The first-order valence-corrected chi connectivity index (χ1v) is 6.41. The van der Waals surface area contributed by atoms with E-state index in [9.17, 15) is 4.79 Å². The summed E-state index contributed by atoms with van der Waals surface area (Å²) in [7, 11) is 1.74. The Bertz CT molecular complexity index is 412. The van der Waals surface area contributed by atoms with E-state index in [0.29, 0.717) is 24.5 Å². The number of carbonyl (C=O) groups is 1. The van der Waals surface area contributed by atoms with E-state index in [1.807, 2.05) is 0 Å². The Hall–Kier alpha value is -1.59. The van der Waals surface area contributed by atoms with Gasteiger partial charge < -0.3 is 19.9 Å². The van der Waals surface area contributed by atoms with Crippen LogP contribution in [0.3, 0.4) is 0 Å². The smallest absolute Gasteiger partial charge is 0.335 e. The number of nitrogens with one attached hydrogen (secondary N) is 1. The Kier molecular flexibility index (Phi) is 4.76. The SMILES string of the molecule is COC1CC(NCCOc2ccc(C(=O)O)cc2)C1. The van der Waals surface area contributed by atoms with Crippen molar-refractivity contribution in [1.82, 2.24) is 5.32 Å². The fraction of sp³-hybridized carbons (Fsp3) is 0.500. The van der Waals surface area contributed by atoms with Crippen molar-refractivity contribution in [3.63, 3.8) is 0 Å². The third-order valence-corrected chi connectivity index (χ3v) is 3.33. The highest BCUT2D eigenvalue weighted by Crippen LogP contribution is 2.22. The molecule has 1 fully saturated rings. The number of rotatable bonds is 7. The van der Waals surface area contributed by atoms with E-state index in [1.54, 1.807) is 31.4 Å². The van der Waals surface area contributed by atoms with Crippen LogP contribution in [-0.2, 0) is 4.74 Å². The predicted molar refractivity (Wildman–Crippen MR) is 70.7 cm³/mol. The lowest BCUT2D eigenvalue weighted by molar-refractivity contribution is 0.0167. The van der Waals surface area contributed by atoms with Crippen LogP contribution in [0.5, 0.6) is 5.75 Å². The minimum Gasteiger partial charge on any atom is -0.492 e. The van der Waals surface area contributed by atoms with Crippen molar-refractivity contribution in [3.8, 4) is 5.75 Å². The number of hydrogen-bond donors (Lipinski definition) is 2. The minimum absolute atomic E-state index is 0.269. The summed E-state index contributed by atoms with van der Waals surface area (Å²) in [4.78, 5) is 10.7. The topological polar surface area (TPSA) is 67.8 Å². The van der Waals surface area contributed by atoms with Gasteiger partial charge >= 0.3 is 5.97 Å². The van der Waals surface area contributed by atoms with Gasteiger partial charge in [-0.05, 0) is 37.1 Å². The summed E-state index contributed by atoms with van der Waals surface area (Å²) in [6, 6.07) is 6.96. The zero-order valence-electron chi connectivity index (χ0n) is 11.0. The fourth-order valence-electron chi connectivity index (χ4n) is 2.05. The molecule has 19 heavy (non-hydrogen) atoms. The van der Waals surface area contributed by atoms with Crippen LogP contribution in [0.4, 0.5) is 0 Å². The average Bonchev–Trinajstić information content (AvgIpc) is 2.37. The van der Waals surface area contributed by atoms with Crippen LogP contribution in [0.25, 0.3) is 0 Å². The van der Waals surface area contributed by atoms with Crippen molar-refractivity contribution >= 4 is 5.97 Å². The molecule has 0 unspecified atom stereocenters. The van der Waals surface area contributed by atoms with Crippen molar-refractivity contribution in [1.29, 1.82) is 0 Å². The maximum Gasteiger partial charge on any atom is 0.335 e. The number of carboxylic acid groups (broad SMARTS) is 1. The first-order chi connectivity index (χ1) is 9.19. The molecule has 104 valence electrons. The quantitative estimate of drug-likeness (QED) is 0.732. The Balaban J connectivity index is 1.62. The molecule has 0 heterocycles. The molecule has 1 aliphatic carbocycles. The molecule has 1 aromatic carbocycles. The largest absolute Gasteiger partial charge is 0.492 e. The fourth-order valence-corrected chi connectivity index (χ4v) is 2.05. The number of ether oxygens (including phenoxy) is 2. The van der Waals surface area contributed by atoms with Crippen LogP contribution in [0.2, 0.25) is 0 Å². The summed E-state index contributed by atoms with van der Waals surface area (Å²) < 4.78 is 10.7. The molecule has 0 bridgehead atoms. The molecule has 0 aliphatic heterocycles. The number of carboxylic acids is 1. The van der Waals surface area contributed by atoms with Gasteiger partial charge in [-0.3, -0.25) is 0 Å². The standard InChI is InChI=1S/C14H19NO4/c1-18-13-8-11(9-13)15-6-7-19-12-4-2-10(3-5-12)14(16)17/h2-5,11,13,15H,6-9H2,1H3,(H,16,17). The van der Waals surface area contributed by atoms with Crippen molar-refractivity contribution in [2.45, 2.75) is 25.0 Å². The van der Waals surface area contributed by atoms with E-state index in [0.717, 1.165) is 19.4 Å². The van der Waals surface area contributed by atoms with Gasteiger partial charge in [0.25, 0.3) is 0 Å². The first kappa shape index (κ1) is 13.8. The molecule has 1 saturated carbocycles. The average molecular weight is 265 g/mol. The van der Waals surface area contributed by atoms with Gasteiger partial charge in [-0.25, -0.2) is 4.79 Å². The first-order valence-electron chi connectivity index (χ1n) is 6.41. The Morgan fingerprint density at radius 3 is 2.63 bits per heavy atom. The summed E-state index contributed by atoms with van der Waals surface area (Å²) in [6.45, 7) is 1.35. The van der Waals surface area contributed by atoms with Crippen molar-refractivity contribution in [2.24, 2.45) is 0 Å². The molecule has 0 spiro atoms. The molecular weight excluding hydrogens is 246 g/mol. The molecule has 0 saturated heterocycles. The predicted octanol–water partition coefficient (Wildman–Crippen LogP) is 1.53. The van der Waals surface area contributed by atoms with Gasteiger partial charge in [-0.1, -0.05) is 0 Å². The lowest BCUT2D eigenvalue weighted by Gasteiger charge is -2.34. The van der Waals surface area contributed by atoms with Crippen molar-refractivity contribution < 1.29 is 19.4 Å². The van der Waals surface area contributed by atoms with E-state index in [1.165, 1.54) is 0 Å². The number of hydrogen-bond acceptors (Lipinski definition) is 4. The molecule has 5 heteroatoms. The molecule has 2 rings (SSSR count). The lowest BCUT2D eigenvalue weighted by Crippen LogP contribution is -2.46. The molecule has 0 aromatic heterocycles. The summed E-state index contributed by atoms with van der Waals surface area (Å²) in [5.41, 5.74) is 0.269. The number of aromatic carboxylic acids is 1.